The van der Waals surface area contributed by atoms with E-state index in [4.69, 9.17) is 5.73 Å². The number of nitro benzene ring substituents is 1. The second-order valence-corrected chi connectivity index (χ2v) is 2.72. The van der Waals surface area contributed by atoms with Crippen LogP contribution in [0.3, 0.4) is 0 Å². The van der Waals surface area contributed by atoms with E-state index in [1.54, 1.807) is 0 Å². The molecule has 1 aromatic rings. The Labute approximate surface area is 78.5 Å². The predicted octanol–water partition coefficient (Wildman–Crippen LogP) is 1.70. The van der Waals surface area contributed by atoms with E-state index in [2.05, 4.69) is 0 Å². The quantitative estimate of drug-likeness (QED) is 0.599. The monoisotopic (exact) mass is 202 g/mol. The number of nitrogens with two attached hydrogens (primary N) is 1. The van der Waals surface area contributed by atoms with Crippen molar-refractivity contribution in [3.05, 3.63) is 39.7 Å². The first-order chi connectivity index (χ1) is 6.56. The van der Waals surface area contributed by atoms with E-state index in [-0.39, 0.29) is 11.3 Å². The average Bonchev–Trinajstić information content (AvgIpc) is 2.17. The lowest BCUT2D eigenvalue weighted by molar-refractivity contribution is -0.385. The second kappa shape index (κ2) is 4.10. The van der Waals surface area contributed by atoms with Crippen LogP contribution >= 0.6 is 0 Å². The topological polar surface area (TPSA) is 69.2 Å². The van der Waals surface area contributed by atoms with Gasteiger partial charge in [0.15, 0.2) is 0 Å². The van der Waals surface area contributed by atoms with Gasteiger partial charge in [-0.15, -0.1) is 0 Å². The summed E-state index contributed by atoms with van der Waals surface area (Å²) in [5.74, 6) is -0.735. The van der Waals surface area contributed by atoms with Crippen LogP contribution in [0.15, 0.2) is 18.2 Å². The van der Waals surface area contributed by atoms with Crippen LogP contribution < -0.4 is 5.73 Å². The number of nitro groups is 1. The first-order valence-electron chi connectivity index (χ1n) is 3.81. The molecule has 0 bridgehead atoms. The smallest absolute Gasteiger partial charge is 0.269 e. The van der Waals surface area contributed by atoms with E-state index in [0.717, 1.165) is 18.2 Å². The Morgan fingerprint density at radius 1 is 1.57 bits per heavy atom. The number of hydrogen-bond acceptors (Lipinski definition) is 3. The van der Waals surface area contributed by atoms with Crippen LogP contribution in [-0.2, 0) is 0 Å². The van der Waals surface area contributed by atoms with E-state index in [9.17, 15) is 18.9 Å². The molecule has 76 valence electrons. The Bertz CT molecular complexity index is 357. The van der Waals surface area contributed by atoms with Gasteiger partial charge in [0.2, 0.25) is 0 Å². The molecule has 4 nitrogen and oxygen atoms in total. The van der Waals surface area contributed by atoms with Crippen molar-refractivity contribution in [1.82, 2.24) is 0 Å². The van der Waals surface area contributed by atoms with Crippen LogP contribution in [0.1, 0.15) is 11.6 Å². The van der Waals surface area contributed by atoms with Crippen molar-refractivity contribution in [1.29, 1.82) is 0 Å². The summed E-state index contributed by atoms with van der Waals surface area (Å²) in [5, 5.41) is 10.3. The van der Waals surface area contributed by atoms with Gasteiger partial charge in [-0.25, -0.2) is 8.78 Å². The minimum absolute atomic E-state index is 0.179. The first kappa shape index (κ1) is 10.5. The number of benzene rings is 1. The summed E-state index contributed by atoms with van der Waals surface area (Å²) in [6.07, 6.45) is 0. The molecule has 0 aliphatic carbocycles. The maximum Gasteiger partial charge on any atom is 0.269 e. The highest BCUT2D eigenvalue weighted by atomic mass is 19.1. The molecule has 1 aromatic carbocycles. The van der Waals surface area contributed by atoms with Gasteiger partial charge >= 0.3 is 0 Å². The molecule has 0 saturated heterocycles. The fourth-order valence-electron chi connectivity index (χ4n) is 1.01. The molecule has 0 aromatic heterocycles. The van der Waals surface area contributed by atoms with Gasteiger partial charge in [-0.3, -0.25) is 10.1 Å². The number of non-ortho nitro benzene ring substituents is 1. The molecule has 0 radical (unpaired) electrons. The van der Waals surface area contributed by atoms with Gasteiger partial charge in [0.1, 0.15) is 12.5 Å². The minimum Gasteiger partial charge on any atom is -0.322 e. The second-order valence-electron chi connectivity index (χ2n) is 2.72. The summed E-state index contributed by atoms with van der Waals surface area (Å²) in [7, 11) is 0. The number of nitrogens with zero attached hydrogens (tertiary/aromatic N) is 1. The van der Waals surface area contributed by atoms with E-state index in [1.807, 2.05) is 0 Å². The molecule has 0 amide bonds. The molecule has 0 aliphatic rings. The zero-order chi connectivity index (χ0) is 10.7. The highest BCUT2D eigenvalue weighted by Crippen LogP contribution is 2.21. The summed E-state index contributed by atoms with van der Waals surface area (Å²) in [5.41, 5.74) is 4.75. The lowest BCUT2D eigenvalue weighted by atomic mass is 10.1. The summed E-state index contributed by atoms with van der Waals surface area (Å²) in [6.45, 7) is -0.960. The lowest BCUT2D eigenvalue weighted by Crippen LogP contribution is -2.14. The van der Waals surface area contributed by atoms with Crippen LogP contribution in [-0.4, -0.2) is 11.6 Å². The highest BCUT2D eigenvalue weighted by Gasteiger charge is 2.15. The molecule has 0 fully saturated rings. The van der Waals surface area contributed by atoms with Gasteiger partial charge in [0.25, 0.3) is 5.69 Å². The van der Waals surface area contributed by atoms with Crippen molar-refractivity contribution in [2.75, 3.05) is 6.67 Å². The first-order valence-corrected chi connectivity index (χ1v) is 3.81. The average molecular weight is 202 g/mol. The van der Waals surface area contributed by atoms with E-state index < -0.39 is 23.5 Å². The normalized spacial score (nSPS) is 12.5. The third kappa shape index (κ3) is 2.02. The molecule has 1 rings (SSSR count). The molecule has 0 saturated carbocycles. The molecular formula is C8H8F2N2O2. The van der Waals surface area contributed by atoms with Gasteiger partial charge in [-0.2, -0.15) is 0 Å². The zero-order valence-corrected chi connectivity index (χ0v) is 7.11. The van der Waals surface area contributed by atoms with Crippen LogP contribution in [0.2, 0.25) is 0 Å². The Morgan fingerprint density at radius 3 is 2.71 bits per heavy atom. The largest absolute Gasteiger partial charge is 0.322 e. The molecule has 0 unspecified atom stereocenters. The highest BCUT2D eigenvalue weighted by molar-refractivity contribution is 5.36. The van der Waals surface area contributed by atoms with Gasteiger partial charge in [-0.05, 0) is 6.07 Å². The Hall–Kier alpha value is -1.56. The maximum absolute atomic E-state index is 13.0. The van der Waals surface area contributed by atoms with Crippen molar-refractivity contribution < 1.29 is 13.7 Å². The molecule has 0 aliphatic heterocycles. The molecule has 2 N–H and O–H groups in total. The van der Waals surface area contributed by atoms with Crippen molar-refractivity contribution in [2.45, 2.75) is 6.04 Å². The Balaban J connectivity index is 3.14. The van der Waals surface area contributed by atoms with Crippen LogP contribution in [0.4, 0.5) is 14.5 Å². The van der Waals surface area contributed by atoms with Crippen molar-refractivity contribution in [3.8, 4) is 0 Å². The van der Waals surface area contributed by atoms with Gasteiger partial charge in [-0.1, -0.05) is 0 Å². The zero-order valence-electron chi connectivity index (χ0n) is 7.11. The molecular weight excluding hydrogens is 194 g/mol. The Kier molecular flexibility index (Phi) is 3.08. The summed E-state index contributed by atoms with van der Waals surface area (Å²) < 4.78 is 25.1. The van der Waals surface area contributed by atoms with Crippen molar-refractivity contribution in [2.24, 2.45) is 5.73 Å². The molecule has 1 atom stereocenters. The van der Waals surface area contributed by atoms with E-state index in [1.165, 1.54) is 0 Å². The minimum atomic E-state index is -1.16. The standard InChI is InChI=1S/C8H8F2N2O2/c9-4-8(11)6-3-5(12(13)14)1-2-7(6)10/h1-3,8H,4,11H2/t8-/m1/s1. The van der Waals surface area contributed by atoms with Crippen LogP contribution in [0.25, 0.3) is 0 Å². The van der Waals surface area contributed by atoms with E-state index in [0.29, 0.717) is 0 Å². The summed E-state index contributed by atoms with van der Waals surface area (Å²) in [6, 6.07) is 1.70. The van der Waals surface area contributed by atoms with Crippen molar-refractivity contribution in [3.63, 3.8) is 0 Å². The predicted molar refractivity (Wildman–Crippen MR) is 46.0 cm³/mol. The maximum atomic E-state index is 13.0. The summed E-state index contributed by atoms with van der Waals surface area (Å²) in [4.78, 5) is 9.64. The van der Waals surface area contributed by atoms with Crippen LogP contribution in [0, 0.1) is 15.9 Å². The summed E-state index contributed by atoms with van der Waals surface area (Å²) >= 11 is 0. The molecule has 14 heavy (non-hydrogen) atoms. The van der Waals surface area contributed by atoms with Crippen LogP contribution in [0.5, 0.6) is 0 Å². The number of rotatable bonds is 3. The SMILES string of the molecule is N[C@H](CF)c1cc([N+](=O)[O-])ccc1F. The van der Waals surface area contributed by atoms with Gasteiger partial charge < -0.3 is 5.73 Å². The molecule has 0 heterocycles. The number of halogens is 2. The molecule has 0 spiro atoms. The number of hydrogen-bond donors (Lipinski definition) is 1. The Morgan fingerprint density at radius 2 is 2.21 bits per heavy atom. The fourth-order valence-corrected chi connectivity index (χ4v) is 1.01. The third-order valence-electron chi connectivity index (χ3n) is 1.76. The third-order valence-corrected chi connectivity index (χ3v) is 1.76. The van der Waals surface area contributed by atoms with Gasteiger partial charge in [0.05, 0.1) is 11.0 Å². The molecule has 6 heteroatoms. The van der Waals surface area contributed by atoms with Gasteiger partial charge in [0, 0.05) is 17.7 Å². The lowest BCUT2D eigenvalue weighted by Gasteiger charge is -2.07. The fraction of sp³-hybridized carbons (Fsp3) is 0.250. The van der Waals surface area contributed by atoms with Crippen molar-refractivity contribution >= 4 is 5.69 Å². The number of alkyl halides is 1. The van der Waals surface area contributed by atoms with E-state index >= 15 is 0 Å².